The maximum absolute atomic E-state index is 13.3. The molecule has 2 heterocycles. The Morgan fingerprint density at radius 1 is 1.09 bits per heavy atom. The molecule has 1 amide bonds. The highest BCUT2D eigenvalue weighted by Crippen LogP contribution is 2.33. The van der Waals surface area contributed by atoms with Crippen LogP contribution >= 0.6 is 0 Å². The predicted octanol–water partition coefficient (Wildman–Crippen LogP) is 5.68. The molecule has 10 heteroatoms. The second-order valence-corrected chi connectivity index (χ2v) is 11.0. The first-order valence-corrected chi connectivity index (χ1v) is 12.3. The van der Waals surface area contributed by atoms with Gasteiger partial charge in [-0.25, -0.2) is 8.42 Å². The van der Waals surface area contributed by atoms with Gasteiger partial charge in [-0.3, -0.25) is 4.79 Å². The van der Waals surface area contributed by atoms with Crippen LogP contribution in [-0.2, 0) is 16.2 Å². The molecule has 4 rings (SSSR count). The number of carbonyl (C=O) groups is 1. The minimum Gasteiger partial charge on any atom is -0.451 e. The standard InChI is InChI=1S/C24H25F3N2O4S/c1-14-9-15(2)13-29(12-14)34(31,32)19-7-8-21-20(11-19)16(3)22(33-21)23(30)28-18-6-4-5-17(10-18)24(25,26)27/h4-8,10-11,14-15H,9,12-13H2,1-3H3,(H,28,30)/t14-,15-/m1/s1. The summed E-state index contributed by atoms with van der Waals surface area (Å²) in [6.45, 7) is 6.54. The molecule has 0 aliphatic carbocycles. The maximum atomic E-state index is 13.3. The Balaban J connectivity index is 1.63. The van der Waals surface area contributed by atoms with E-state index in [2.05, 4.69) is 5.32 Å². The van der Waals surface area contributed by atoms with E-state index in [1.54, 1.807) is 6.92 Å². The van der Waals surface area contributed by atoms with Gasteiger partial charge in [0.05, 0.1) is 10.5 Å². The van der Waals surface area contributed by atoms with Crippen LogP contribution in [0, 0.1) is 18.8 Å². The molecule has 1 fully saturated rings. The Labute approximate surface area is 195 Å². The number of furan rings is 1. The van der Waals surface area contributed by atoms with Gasteiger partial charge in [-0.15, -0.1) is 0 Å². The summed E-state index contributed by atoms with van der Waals surface area (Å²) >= 11 is 0. The van der Waals surface area contributed by atoms with Crippen LogP contribution in [0.25, 0.3) is 11.0 Å². The Kier molecular flexibility index (Phi) is 6.24. The monoisotopic (exact) mass is 494 g/mol. The lowest BCUT2D eigenvalue weighted by molar-refractivity contribution is -0.137. The summed E-state index contributed by atoms with van der Waals surface area (Å²) in [5, 5.41) is 2.87. The number of anilines is 1. The highest BCUT2D eigenvalue weighted by atomic mass is 32.2. The van der Waals surface area contributed by atoms with Crippen LogP contribution < -0.4 is 5.32 Å². The molecule has 0 saturated carbocycles. The van der Waals surface area contributed by atoms with Gasteiger partial charge < -0.3 is 9.73 Å². The Bertz CT molecular complexity index is 1340. The number of piperidine rings is 1. The summed E-state index contributed by atoms with van der Waals surface area (Å²) in [6, 6.07) is 8.70. The normalized spacial score (nSPS) is 19.9. The number of sulfonamides is 1. The molecule has 3 aromatic rings. The van der Waals surface area contributed by atoms with Crippen LogP contribution in [0.4, 0.5) is 18.9 Å². The van der Waals surface area contributed by atoms with Crippen molar-refractivity contribution in [3.8, 4) is 0 Å². The molecule has 0 spiro atoms. The number of alkyl halides is 3. The molecule has 1 aliphatic heterocycles. The number of hydrogen-bond acceptors (Lipinski definition) is 4. The minimum absolute atomic E-state index is 0.0312. The van der Waals surface area contributed by atoms with Gasteiger partial charge in [0.2, 0.25) is 10.0 Å². The molecule has 6 nitrogen and oxygen atoms in total. The lowest BCUT2D eigenvalue weighted by atomic mass is 9.94. The molecule has 2 aromatic carbocycles. The number of nitrogens with one attached hydrogen (secondary N) is 1. The lowest BCUT2D eigenvalue weighted by Crippen LogP contribution is -2.42. The maximum Gasteiger partial charge on any atom is 0.416 e. The minimum atomic E-state index is -4.54. The van der Waals surface area contributed by atoms with Gasteiger partial charge in [0.15, 0.2) is 5.76 Å². The zero-order valence-corrected chi connectivity index (χ0v) is 19.8. The van der Waals surface area contributed by atoms with Crippen molar-refractivity contribution in [3.05, 3.63) is 59.4 Å². The molecular formula is C24H25F3N2O4S. The second-order valence-electron chi connectivity index (χ2n) is 9.01. The van der Waals surface area contributed by atoms with Gasteiger partial charge in [-0.1, -0.05) is 19.9 Å². The van der Waals surface area contributed by atoms with Crippen molar-refractivity contribution in [1.29, 1.82) is 0 Å². The average Bonchev–Trinajstić information content (AvgIpc) is 3.09. The number of hydrogen-bond donors (Lipinski definition) is 1. The molecule has 0 unspecified atom stereocenters. The second kappa shape index (κ2) is 8.74. The summed E-state index contributed by atoms with van der Waals surface area (Å²) in [6.07, 6.45) is -3.57. The third kappa shape index (κ3) is 4.69. The van der Waals surface area contributed by atoms with E-state index in [1.807, 2.05) is 13.8 Å². The van der Waals surface area contributed by atoms with Crippen molar-refractivity contribution < 1.29 is 30.8 Å². The van der Waals surface area contributed by atoms with Crippen LogP contribution in [0.2, 0.25) is 0 Å². The largest absolute Gasteiger partial charge is 0.451 e. The average molecular weight is 495 g/mol. The third-order valence-electron chi connectivity index (χ3n) is 6.03. The molecule has 1 N–H and O–H groups in total. The predicted molar refractivity (Wildman–Crippen MR) is 122 cm³/mol. The first-order valence-electron chi connectivity index (χ1n) is 10.9. The van der Waals surface area contributed by atoms with E-state index < -0.39 is 27.7 Å². The van der Waals surface area contributed by atoms with Gasteiger partial charge in [-0.2, -0.15) is 17.5 Å². The lowest BCUT2D eigenvalue weighted by Gasteiger charge is -2.34. The SMILES string of the molecule is Cc1c(C(=O)Nc2cccc(C(F)(F)F)c2)oc2ccc(S(=O)(=O)N3C[C@H](C)C[C@@H](C)C3)cc12. The first kappa shape index (κ1) is 24.3. The van der Waals surface area contributed by atoms with Crippen molar-refractivity contribution in [2.45, 2.75) is 38.3 Å². The Morgan fingerprint density at radius 2 is 1.76 bits per heavy atom. The summed E-state index contributed by atoms with van der Waals surface area (Å²) in [5.74, 6) is -0.314. The molecule has 1 saturated heterocycles. The van der Waals surface area contributed by atoms with E-state index in [4.69, 9.17) is 4.42 Å². The fraction of sp³-hybridized carbons (Fsp3) is 0.375. The van der Waals surface area contributed by atoms with E-state index >= 15 is 0 Å². The highest BCUT2D eigenvalue weighted by Gasteiger charge is 2.33. The summed E-state index contributed by atoms with van der Waals surface area (Å²) in [5.41, 5.74) is -0.206. The van der Waals surface area contributed by atoms with Crippen LogP contribution in [0.5, 0.6) is 0 Å². The van der Waals surface area contributed by atoms with Crippen molar-refractivity contribution in [2.75, 3.05) is 18.4 Å². The Hall–Kier alpha value is -2.85. The molecule has 1 aromatic heterocycles. The number of aryl methyl sites for hydroxylation is 1. The number of nitrogens with zero attached hydrogens (tertiary/aromatic N) is 1. The number of carbonyl (C=O) groups excluding carboxylic acids is 1. The van der Waals surface area contributed by atoms with E-state index in [1.165, 1.54) is 34.6 Å². The molecule has 0 bridgehead atoms. The molecule has 182 valence electrons. The van der Waals surface area contributed by atoms with Gasteiger partial charge in [0.1, 0.15) is 5.58 Å². The number of benzene rings is 2. The highest BCUT2D eigenvalue weighted by molar-refractivity contribution is 7.89. The Morgan fingerprint density at radius 3 is 2.41 bits per heavy atom. The molecular weight excluding hydrogens is 469 g/mol. The zero-order chi connectivity index (χ0) is 24.8. The first-order chi connectivity index (χ1) is 15.9. The van der Waals surface area contributed by atoms with Gasteiger partial charge in [0.25, 0.3) is 5.91 Å². The summed E-state index contributed by atoms with van der Waals surface area (Å²) < 4.78 is 72.5. The number of halogens is 3. The number of fused-ring (bicyclic) bond motifs is 1. The van der Waals surface area contributed by atoms with E-state index in [-0.39, 0.29) is 28.2 Å². The number of rotatable bonds is 4. The van der Waals surface area contributed by atoms with E-state index in [0.29, 0.717) is 29.6 Å². The zero-order valence-electron chi connectivity index (χ0n) is 18.9. The summed E-state index contributed by atoms with van der Waals surface area (Å²) in [4.78, 5) is 12.9. The number of amides is 1. The van der Waals surface area contributed by atoms with Crippen LogP contribution in [0.15, 0.2) is 51.8 Å². The molecule has 1 aliphatic rings. The van der Waals surface area contributed by atoms with Gasteiger partial charge in [0, 0.05) is 29.7 Å². The van der Waals surface area contributed by atoms with Crippen molar-refractivity contribution >= 4 is 32.6 Å². The fourth-order valence-corrected chi connectivity index (χ4v) is 6.20. The van der Waals surface area contributed by atoms with Crippen molar-refractivity contribution in [2.24, 2.45) is 11.8 Å². The van der Waals surface area contributed by atoms with Crippen LogP contribution in [0.3, 0.4) is 0 Å². The van der Waals surface area contributed by atoms with Crippen LogP contribution in [-0.4, -0.2) is 31.7 Å². The van der Waals surface area contributed by atoms with E-state index in [0.717, 1.165) is 18.6 Å². The summed E-state index contributed by atoms with van der Waals surface area (Å²) in [7, 11) is -3.73. The topological polar surface area (TPSA) is 79.6 Å². The van der Waals surface area contributed by atoms with E-state index in [9.17, 15) is 26.4 Å². The van der Waals surface area contributed by atoms with Gasteiger partial charge in [-0.05, 0) is 61.6 Å². The van der Waals surface area contributed by atoms with Crippen molar-refractivity contribution in [3.63, 3.8) is 0 Å². The molecule has 0 radical (unpaired) electrons. The van der Waals surface area contributed by atoms with Gasteiger partial charge >= 0.3 is 6.18 Å². The molecule has 2 atom stereocenters. The smallest absolute Gasteiger partial charge is 0.416 e. The third-order valence-corrected chi connectivity index (χ3v) is 7.86. The quantitative estimate of drug-likeness (QED) is 0.506. The van der Waals surface area contributed by atoms with Crippen LogP contribution in [0.1, 0.15) is 41.9 Å². The van der Waals surface area contributed by atoms with Crippen molar-refractivity contribution in [1.82, 2.24) is 4.31 Å². The fourth-order valence-electron chi connectivity index (χ4n) is 4.49. The molecule has 34 heavy (non-hydrogen) atoms.